The van der Waals surface area contributed by atoms with Crippen LogP contribution in [-0.2, 0) is 4.79 Å². The zero-order chi connectivity index (χ0) is 31.9. The van der Waals surface area contributed by atoms with E-state index >= 15 is 0 Å². The molecule has 2 aromatic rings. The van der Waals surface area contributed by atoms with Crippen molar-refractivity contribution in [1.82, 2.24) is 14.7 Å². The third-order valence-corrected chi connectivity index (χ3v) is 8.09. The quantitative estimate of drug-likeness (QED) is 0.194. The maximum atomic E-state index is 13.8. The van der Waals surface area contributed by atoms with Gasteiger partial charge in [0.15, 0.2) is 28.8 Å². The van der Waals surface area contributed by atoms with Crippen LogP contribution in [0.15, 0.2) is 47.5 Å². The molecule has 0 atom stereocenters. The molecule has 242 valence electrons. The summed E-state index contributed by atoms with van der Waals surface area (Å²) < 4.78 is 23.4. The van der Waals surface area contributed by atoms with Gasteiger partial charge in [0.1, 0.15) is 13.2 Å². The van der Waals surface area contributed by atoms with Crippen LogP contribution >= 0.6 is 0 Å². The van der Waals surface area contributed by atoms with Crippen molar-refractivity contribution in [3.8, 4) is 23.0 Å². The standard InChI is InChI=1S/C36H53N3O5/c1-8-17-39-26-30(22-28-13-15-32(34(24-28)41-6)43-20-18-37(9-2)10-3)36(40)31(27-39)23-29-14-16-33(35(25-29)42-7)44-21-19-38(11-4)12-5/h13-16,22-25H,8-12,17-21,26-27H2,1-7H3/b30-22+,31-23+. The van der Waals surface area contributed by atoms with Gasteiger partial charge in [-0.3, -0.25) is 9.69 Å². The Morgan fingerprint density at radius 3 is 1.48 bits per heavy atom. The molecule has 0 aromatic heterocycles. The first kappa shape index (κ1) is 35.2. The van der Waals surface area contributed by atoms with Crippen molar-refractivity contribution in [1.29, 1.82) is 0 Å². The van der Waals surface area contributed by atoms with Gasteiger partial charge >= 0.3 is 0 Å². The highest BCUT2D eigenvalue weighted by atomic mass is 16.5. The summed E-state index contributed by atoms with van der Waals surface area (Å²) in [5.74, 6) is 2.80. The maximum Gasteiger partial charge on any atom is 0.187 e. The molecular weight excluding hydrogens is 554 g/mol. The van der Waals surface area contributed by atoms with E-state index in [4.69, 9.17) is 18.9 Å². The maximum absolute atomic E-state index is 13.8. The third kappa shape index (κ3) is 10.1. The number of rotatable bonds is 18. The highest BCUT2D eigenvalue weighted by Gasteiger charge is 2.26. The fourth-order valence-electron chi connectivity index (χ4n) is 5.42. The molecule has 0 aliphatic carbocycles. The first-order chi connectivity index (χ1) is 21.4. The Labute approximate surface area is 265 Å². The number of likely N-dealkylation sites (N-methyl/N-ethyl adjacent to an activating group) is 2. The first-order valence-corrected chi connectivity index (χ1v) is 16.1. The minimum absolute atomic E-state index is 0.0642. The molecule has 8 nitrogen and oxygen atoms in total. The molecule has 0 spiro atoms. The van der Waals surface area contributed by atoms with Gasteiger partial charge < -0.3 is 28.7 Å². The highest BCUT2D eigenvalue weighted by Crippen LogP contribution is 2.32. The van der Waals surface area contributed by atoms with Crippen molar-refractivity contribution in [2.45, 2.75) is 41.0 Å². The molecule has 1 aliphatic heterocycles. The van der Waals surface area contributed by atoms with E-state index in [1.165, 1.54) is 0 Å². The van der Waals surface area contributed by atoms with Crippen LogP contribution in [-0.4, -0.2) is 107 Å². The summed E-state index contributed by atoms with van der Waals surface area (Å²) in [6.45, 7) is 19.8. The van der Waals surface area contributed by atoms with Crippen LogP contribution in [0.25, 0.3) is 12.2 Å². The Kier molecular flexibility index (Phi) is 14.8. The minimum atomic E-state index is 0.0642. The summed E-state index contributed by atoms with van der Waals surface area (Å²) in [4.78, 5) is 20.7. The number of ketones is 1. The van der Waals surface area contributed by atoms with Crippen molar-refractivity contribution in [3.63, 3.8) is 0 Å². The molecule has 0 N–H and O–H groups in total. The predicted molar refractivity (Wildman–Crippen MR) is 180 cm³/mol. The number of carbonyl (C=O) groups excluding carboxylic acids is 1. The lowest BCUT2D eigenvalue weighted by Gasteiger charge is -2.29. The van der Waals surface area contributed by atoms with E-state index in [0.717, 1.165) is 74.5 Å². The molecule has 44 heavy (non-hydrogen) atoms. The van der Waals surface area contributed by atoms with E-state index in [1.54, 1.807) is 14.2 Å². The number of carbonyl (C=O) groups is 1. The average Bonchev–Trinajstić information content (AvgIpc) is 3.04. The van der Waals surface area contributed by atoms with Crippen molar-refractivity contribution in [3.05, 3.63) is 58.7 Å². The lowest BCUT2D eigenvalue weighted by Crippen LogP contribution is -2.38. The van der Waals surface area contributed by atoms with Gasteiger partial charge in [0.25, 0.3) is 0 Å². The van der Waals surface area contributed by atoms with Crippen LogP contribution in [0.2, 0.25) is 0 Å². The largest absolute Gasteiger partial charge is 0.493 e. The molecule has 0 amide bonds. The Hall–Kier alpha value is -3.33. The number of ether oxygens (including phenoxy) is 4. The number of likely N-dealkylation sites (tertiary alicyclic amines) is 1. The number of hydrogen-bond acceptors (Lipinski definition) is 8. The number of methoxy groups -OCH3 is 2. The second-order valence-corrected chi connectivity index (χ2v) is 11.0. The van der Waals surface area contributed by atoms with Crippen LogP contribution in [0.3, 0.4) is 0 Å². The Balaban J connectivity index is 1.81. The summed E-state index contributed by atoms with van der Waals surface area (Å²) in [6, 6.07) is 11.7. The van der Waals surface area contributed by atoms with Crippen molar-refractivity contribution in [2.24, 2.45) is 0 Å². The Morgan fingerprint density at radius 1 is 0.682 bits per heavy atom. The molecule has 3 rings (SSSR count). The topological polar surface area (TPSA) is 63.7 Å². The van der Waals surface area contributed by atoms with Crippen LogP contribution < -0.4 is 18.9 Å². The van der Waals surface area contributed by atoms with Crippen LogP contribution in [0, 0.1) is 0 Å². The van der Waals surface area contributed by atoms with Crippen molar-refractivity contribution in [2.75, 3.05) is 86.3 Å². The van der Waals surface area contributed by atoms with E-state index in [-0.39, 0.29) is 5.78 Å². The molecule has 1 aliphatic rings. The van der Waals surface area contributed by atoms with E-state index in [9.17, 15) is 4.79 Å². The van der Waals surface area contributed by atoms with Gasteiger partial charge in [-0.15, -0.1) is 0 Å². The molecular formula is C36H53N3O5. The van der Waals surface area contributed by atoms with Crippen molar-refractivity contribution >= 4 is 17.9 Å². The normalized spacial score (nSPS) is 15.9. The van der Waals surface area contributed by atoms with Gasteiger partial charge in [-0.25, -0.2) is 0 Å². The number of hydrogen-bond donors (Lipinski definition) is 0. The Morgan fingerprint density at radius 2 is 1.11 bits per heavy atom. The van der Waals surface area contributed by atoms with Gasteiger partial charge in [0.2, 0.25) is 0 Å². The summed E-state index contributed by atoms with van der Waals surface area (Å²) in [5.41, 5.74) is 3.34. The summed E-state index contributed by atoms with van der Waals surface area (Å²) in [5, 5.41) is 0. The minimum Gasteiger partial charge on any atom is -0.493 e. The first-order valence-electron chi connectivity index (χ1n) is 16.1. The molecule has 8 heteroatoms. The number of nitrogens with zero attached hydrogens (tertiary/aromatic N) is 3. The third-order valence-electron chi connectivity index (χ3n) is 8.09. The van der Waals surface area contributed by atoms with Crippen LogP contribution in [0.1, 0.15) is 52.2 Å². The zero-order valence-electron chi connectivity index (χ0n) is 28.0. The lowest BCUT2D eigenvalue weighted by atomic mass is 9.94. The molecule has 0 unspecified atom stereocenters. The molecule has 1 saturated heterocycles. The van der Waals surface area contributed by atoms with Gasteiger partial charge in [-0.05, 0) is 86.7 Å². The number of Topliss-reactive ketones (excluding diaryl/α,β-unsaturated/α-hetero) is 1. The molecule has 0 saturated carbocycles. The van der Waals surface area contributed by atoms with Crippen molar-refractivity contribution < 1.29 is 23.7 Å². The lowest BCUT2D eigenvalue weighted by molar-refractivity contribution is -0.113. The summed E-state index contributed by atoms with van der Waals surface area (Å²) in [6.07, 6.45) is 4.97. The fourth-order valence-corrected chi connectivity index (χ4v) is 5.42. The SMILES string of the molecule is CCCN1C/C(=C\c2ccc(OCCN(CC)CC)c(OC)c2)C(=O)/C(=C/c2ccc(OCCN(CC)CC)c(OC)c2)C1. The highest BCUT2D eigenvalue weighted by molar-refractivity contribution is 6.14. The zero-order valence-corrected chi connectivity index (χ0v) is 28.0. The second-order valence-electron chi connectivity index (χ2n) is 11.0. The second kappa shape index (κ2) is 18.5. The Bertz CT molecular complexity index is 1160. The van der Waals surface area contributed by atoms with Gasteiger partial charge in [0, 0.05) is 37.3 Å². The molecule has 1 fully saturated rings. The molecule has 1 heterocycles. The number of benzene rings is 2. The van der Waals surface area contributed by atoms with E-state index < -0.39 is 0 Å². The summed E-state index contributed by atoms with van der Waals surface area (Å²) >= 11 is 0. The smallest absolute Gasteiger partial charge is 0.187 e. The van der Waals surface area contributed by atoms with Gasteiger partial charge in [-0.1, -0.05) is 46.8 Å². The fraction of sp³-hybridized carbons (Fsp3) is 0.528. The molecule has 0 radical (unpaired) electrons. The monoisotopic (exact) mass is 607 g/mol. The van der Waals surface area contributed by atoms with Gasteiger partial charge in [0.05, 0.1) is 14.2 Å². The van der Waals surface area contributed by atoms with E-state index in [0.29, 0.717) is 49.3 Å². The average molecular weight is 608 g/mol. The van der Waals surface area contributed by atoms with Crippen LogP contribution in [0.4, 0.5) is 0 Å². The predicted octanol–water partition coefficient (Wildman–Crippen LogP) is 5.91. The molecule has 0 bridgehead atoms. The summed E-state index contributed by atoms with van der Waals surface area (Å²) in [7, 11) is 3.30. The van der Waals surface area contributed by atoms with Crippen LogP contribution in [0.5, 0.6) is 23.0 Å². The van der Waals surface area contributed by atoms with Gasteiger partial charge in [-0.2, -0.15) is 0 Å². The number of piperidine rings is 1. The van der Waals surface area contributed by atoms with E-state index in [1.807, 2.05) is 48.6 Å². The molecule has 2 aromatic carbocycles. The van der Waals surface area contributed by atoms with E-state index in [2.05, 4.69) is 49.3 Å².